The van der Waals surface area contributed by atoms with E-state index in [0.29, 0.717) is 29.2 Å². The molecular weight excluding hydrogens is 538 g/mol. The molecule has 208 valence electrons. The van der Waals surface area contributed by atoms with E-state index in [1.165, 1.54) is 6.07 Å². The fourth-order valence-corrected chi connectivity index (χ4v) is 6.03. The van der Waals surface area contributed by atoms with E-state index >= 15 is 0 Å². The third kappa shape index (κ3) is 4.58. The predicted octanol–water partition coefficient (Wildman–Crippen LogP) is 5.85. The van der Waals surface area contributed by atoms with Crippen molar-refractivity contribution < 1.29 is 9.59 Å². The molecule has 0 fully saturated rings. The average Bonchev–Trinajstić information content (AvgIpc) is 3.58. The Morgan fingerprint density at radius 2 is 1.85 bits per heavy atom. The Balaban J connectivity index is 1.28. The zero-order valence-electron chi connectivity index (χ0n) is 23.4. The second kappa shape index (κ2) is 10.2. The van der Waals surface area contributed by atoms with E-state index in [1.807, 2.05) is 54.9 Å². The molecule has 0 aliphatic carbocycles. The molecule has 9 nitrogen and oxygen atoms in total. The Hall–Kier alpha value is -4.42. The van der Waals surface area contributed by atoms with Gasteiger partial charge < -0.3 is 9.80 Å². The minimum Gasteiger partial charge on any atom is -0.331 e. The summed E-state index contributed by atoms with van der Waals surface area (Å²) in [5.74, 6) is -0.277. The Bertz CT molecular complexity index is 1720. The molecule has 0 spiro atoms. The van der Waals surface area contributed by atoms with E-state index in [4.69, 9.17) is 23.3 Å². The van der Waals surface area contributed by atoms with Crippen molar-refractivity contribution in [3.63, 3.8) is 0 Å². The van der Waals surface area contributed by atoms with Gasteiger partial charge in [0.1, 0.15) is 5.69 Å². The third-order valence-corrected chi connectivity index (χ3v) is 8.55. The minimum absolute atomic E-state index is 0.0134. The first-order chi connectivity index (χ1) is 19.7. The molecular formula is C31H30ClN7O2. The Kier molecular flexibility index (Phi) is 6.66. The van der Waals surface area contributed by atoms with Crippen LogP contribution in [-0.2, 0) is 20.0 Å². The molecule has 2 aromatic carbocycles. The number of aromatic nitrogens is 4. The van der Waals surface area contributed by atoms with E-state index in [-0.39, 0.29) is 42.2 Å². The van der Waals surface area contributed by atoms with Crippen molar-refractivity contribution in [2.45, 2.75) is 51.9 Å². The van der Waals surface area contributed by atoms with E-state index < -0.39 is 0 Å². The molecule has 2 aliphatic heterocycles. The summed E-state index contributed by atoms with van der Waals surface area (Å²) in [6, 6.07) is 14.6. The molecule has 4 aromatic rings. The lowest BCUT2D eigenvalue weighted by Crippen LogP contribution is -2.45. The highest BCUT2D eigenvalue weighted by Gasteiger charge is 2.40. The van der Waals surface area contributed by atoms with E-state index in [0.717, 1.165) is 28.1 Å². The number of nitrogens with zero attached hydrogens (tertiary/aromatic N) is 7. The van der Waals surface area contributed by atoms with Crippen molar-refractivity contribution in [2.75, 3.05) is 6.54 Å². The summed E-state index contributed by atoms with van der Waals surface area (Å²) in [7, 11) is 1.89. The molecule has 2 aromatic heterocycles. The van der Waals surface area contributed by atoms with Gasteiger partial charge in [-0.05, 0) is 38.5 Å². The largest absolute Gasteiger partial charge is 0.331 e. The number of benzene rings is 2. The van der Waals surface area contributed by atoms with Crippen LogP contribution in [0.25, 0.3) is 16.1 Å². The summed E-state index contributed by atoms with van der Waals surface area (Å²) in [6.07, 6.45) is 2.47. The highest BCUT2D eigenvalue weighted by atomic mass is 35.5. The van der Waals surface area contributed by atoms with Crippen LogP contribution in [0, 0.1) is 6.57 Å². The van der Waals surface area contributed by atoms with Crippen molar-refractivity contribution in [1.29, 1.82) is 0 Å². The van der Waals surface area contributed by atoms with Gasteiger partial charge in [-0.3, -0.25) is 19.0 Å². The second-order valence-corrected chi connectivity index (χ2v) is 11.4. The standard InChI is InChI=1S/C31H30ClN7O2/c1-18-14-27-24(17-37(18)30(40)23-10-11-25(32)28(15-23)33-4)29-31(41)38(16-19(2)39(29)35-27)20(3)21-6-8-22(9-7-21)26-12-13-36(5)34-26/h6-13,15,18-20H,14,16-17H2,1-3,5H3/t18-,19-,20+/m1/s1. The van der Waals surface area contributed by atoms with Gasteiger partial charge in [-0.1, -0.05) is 48.0 Å². The van der Waals surface area contributed by atoms with Crippen LogP contribution in [0.2, 0.25) is 5.02 Å². The van der Waals surface area contributed by atoms with Crippen LogP contribution in [0.4, 0.5) is 5.69 Å². The zero-order valence-corrected chi connectivity index (χ0v) is 24.1. The lowest BCUT2D eigenvalue weighted by atomic mass is 9.96. The maximum Gasteiger partial charge on any atom is 0.273 e. The van der Waals surface area contributed by atoms with Crippen LogP contribution in [0.15, 0.2) is 54.7 Å². The van der Waals surface area contributed by atoms with Gasteiger partial charge in [0.25, 0.3) is 11.8 Å². The zero-order chi connectivity index (χ0) is 29.0. The number of hydrogen-bond acceptors (Lipinski definition) is 4. The maximum absolute atomic E-state index is 14.1. The third-order valence-electron chi connectivity index (χ3n) is 8.23. The molecule has 0 saturated heterocycles. The number of carbonyl (C=O) groups is 2. The molecule has 0 N–H and O–H groups in total. The number of halogens is 1. The SMILES string of the molecule is [C-]#[N+]c1cc(C(=O)N2Cc3c(nn4c3C(=O)N([C@@H](C)c3ccc(-c5ccn(C)n5)cc3)C[C@H]4C)C[C@H]2C)ccc1Cl. The van der Waals surface area contributed by atoms with Crippen molar-refractivity contribution in [1.82, 2.24) is 29.4 Å². The fourth-order valence-electron chi connectivity index (χ4n) is 5.87. The van der Waals surface area contributed by atoms with Crippen LogP contribution in [0.3, 0.4) is 0 Å². The topological polar surface area (TPSA) is 80.6 Å². The molecule has 0 unspecified atom stereocenters. The molecule has 41 heavy (non-hydrogen) atoms. The lowest BCUT2D eigenvalue weighted by molar-refractivity contribution is 0.0574. The average molecular weight is 568 g/mol. The summed E-state index contributed by atoms with van der Waals surface area (Å²) in [5.41, 5.74) is 5.83. The predicted molar refractivity (Wildman–Crippen MR) is 156 cm³/mol. The molecule has 2 aliphatic rings. The van der Waals surface area contributed by atoms with E-state index in [9.17, 15) is 9.59 Å². The van der Waals surface area contributed by atoms with Gasteiger partial charge in [0.15, 0.2) is 0 Å². The van der Waals surface area contributed by atoms with Gasteiger partial charge >= 0.3 is 0 Å². The number of rotatable bonds is 4. The lowest BCUT2D eigenvalue weighted by Gasteiger charge is -2.37. The van der Waals surface area contributed by atoms with Gasteiger partial charge in [-0.15, -0.1) is 0 Å². The van der Waals surface area contributed by atoms with Gasteiger partial charge in [-0.2, -0.15) is 10.2 Å². The Morgan fingerprint density at radius 1 is 1.10 bits per heavy atom. The number of hydrogen-bond donors (Lipinski definition) is 0. The number of aryl methyl sites for hydroxylation is 1. The monoisotopic (exact) mass is 567 g/mol. The number of fused-ring (bicyclic) bond motifs is 3. The van der Waals surface area contributed by atoms with Gasteiger partial charge in [0.2, 0.25) is 5.69 Å². The van der Waals surface area contributed by atoms with Crippen molar-refractivity contribution >= 4 is 29.1 Å². The highest BCUT2D eigenvalue weighted by molar-refractivity contribution is 6.33. The molecule has 6 rings (SSSR count). The first kappa shape index (κ1) is 26.8. The summed E-state index contributed by atoms with van der Waals surface area (Å²) >= 11 is 6.10. The van der Waals surface area contributed by atoms with Gasteiger partial charge in [0.05, 0.1) is 36.6 Å². The molecule has 3 atom stereocenters. The minimum atomic E-state index is -0.195. The first-order valence-electron chi connectivity index (χ1n) is 13.7. The molecule has 2 amide bonds. The van der Waals surface area contributed by atoms with E-state index in [1.54, 1.807) is 21.7 Å². The molecule has 10 heteroatoms. The van der Waals surface area contributed by atoms with Crippen LogP contribution >= 0.6 is 11.6 Å². The van der Waals surface area contributed by atoms with Crippen LogP contribution < -0.4 is 0 Å². The number of carbonyl (C=O) groups excluding carboxylic acids is 2. The van der Waals surface area contributed by atoms with Gasteiger partial charge in [-0.25, -0.2) is 4.85 Å². The Morgan fingerprint density at radius 3 is 2.54 bits per heavy atom. The van der Waals surface area contributed by atoms with Crippen LogP contribution in [0.1, 0.15) is 70.5 Å². The van der Waals surface area contributed by atoms with Crippen molar-refractivity contribution in [3.05, 3.63) is 99.2 Å². The van der Waals surface area contributed by atoms with Crippen molar-refractivity contribution in [3.8, 4) is 11.3 Å². The quantitative estimate of drug-likeness (QED) is 0.290. The van der Waals surface area contributed by atoms with Crippen LogP contribution in [-0.4, -0.2) is 53.8 Å². The summed E-state index contributed by atoms with van der Waals surface area (Å²) in [4.78, 5) is 34.7. The fraction of sp³-hybridized carbons (Fsp3) is 0.323. The number of amides is 2. The highest BCUT2D eigenvalue weighted by Crippen LogP contribution is 2.36. The molecule has 4 heterocycles. The van der Waals surface area contributed by atoms with Gasteiger partial charge in [0, 0.05) is 54.0 Å². The van der Waals surface area contributed by atoms with Crippen LogP contribution in [0.5, 0.6) is 0 Å². The Labute approximate surface area is 243 Å². The normalized spacial score (nSPS) is 19.0. The molecule has 0 bridgehead atoms. The summed E-state index contributed by atoms with van der Waals surface area (Å²) in [6.45, 7) is 14.3. The maximum atomic E-state index is 14.1. The molecule has 0 radical (unpaired) electrons. The first-order valence-corrected chi connectivity index (χ1v) is 14.0. The van der Waals surface area contributed by atoms with E-state index in [2.05, 4.69) is 29.0 Å². The summed E-state index contributed by atoms with van der Waals surface area (Å²) < 4.78 is 3.62. The van der Waals surface area contributed by atoms with Crippen molar-refractivity contribution in [2.24, 2.45) is 7.05 Å². The second-order valence-electron chi connectivity index (χ2n) is 11.0. The smallest absolute Gasteiger partial charge is 0.273 e. The summed E-state index contributed by atoms with van der Waals surface area (Å²) in [5, 5.41) is 9.65. The molecule has 0 saturated carbocycles.